The molecule has 1 nitrogen and oxygen atoms in total. The minimum atomic E-state index is 0.767. The quantitative estimate of drug-likeness (QED) is 0.511. The van der Waals surface area contributed by atoms with E-state index in [9.17, 15) is 0 Å². The standard InChI is InChI=1S/C17H35NS/c1-3-5-6-8-11-16(18-14-4-2)15-19-17-12-9-7-10-13-17/h16-18H,3-15H2,1-2H3. The molecule has 0 saturated heterocycles. The van der Waals surface area contributed by atoms with Crippen LogP contribution in [0.3, 0.4) is 0 Å². The first kappa shape index (κ1) is 17.4. The number of thioether (sulfide) groups is 1. The van der Waals surface area contributed by atoms with Gasteiger partial charge in [-0.25, -0.2) is 0 Å². The van der Waals surface area contributed by atoms with E-state index >= 15 is 0 Å². The van der Waals surface area contributed by atoms with Gasteiger partial charge in [0.15, 0.2) is 0 Å². The molecular weight excluding hydrogens is 250 g/mol. The van der Waals surface area contributed by atoms with E-state index in [1.165, 1.54) is 82.9 Å². The lowest BCUT2D eigenvalue weighted by Gasteiger charge is -2.24. The summed E-state index contributed by atoms with van der Waals surface area (Å²) in [7, 11) is 0. The summed E-state index contributed by atoms with van der Waals surface area (Å²) >= 11 is 2.26. The van der Waals surface area contributed by atoms with Crippen molar-refractivity contribution in [2.75, 3.05) is 12.3 Å². The average molecular weight is 286 g/mol. The van der Waals surface area contributed by atoms with Gasteiger partial charge < -0.3 is 5.32 Å². The number of hydrogen-bond donors (Lipinski definition) is 1. The van der Waals surface area contributed by atoms with Gasteiger partial charge in [0.1, 0.15) is 0 Å². The van der Waals surface area contributed by atoms with Crippen molar-refractivity contribution in [3.05, 3.63) is 0 Å². The molecule has 2 heteroatoms. The van der Waals surface area contributed by atoms with Crippen LogP contribution in [0, 0.1) is 0 Å². The second kappa shape index (κ2) is 12.1. The smallest absolute Gasteiger partial charge is 0.0158 e. The van der Waals surface area contributed by atoms with Crippen LogP contribution in [0.15, 0.2) is 0 Å². The first-order valence-electron chi connectivity index (χ1n) is 8.71. The van der Waals surface area contributed by atoms with E-state index in [1.54, 1.807) is 0 Å². The van der Waals surface area contributed by atoms with Crippen molar-refractivity contribution in [1.82, 2.24) is 5.32 Å². The van der Waals surface area contributed by atoms with Gasteiger partial charge >= 0.3 is 0 Å². The van der Waals surface area contributed by atoms with Gasteiger partial charge in [0.25, 0.3) is 0 Å². The zero-order chi connectivity index (χ0) is 13.8. The molecule has 1 unspecified atom stereocenters. The van der Waals surface area contributed by atoms with Crippen molar-refractivity contribution in [1.29, 1.82) is 0 Å². The van der Waals surface area contributed by atoms with E-state index < -0.39 is 0 Å². The fourth-order valence-electron chi connectivity index (χ4n) is 2.89. The lowest BCUT2D eigenvalue weighted by Crippen LogP contribution is -2.32. The van der Waals surface area contributed by atoms with Crippen LogP contribution in [0.4, 0.5) is 0 Å². The highest BCUT2D eigenvalue weighted by Crippen LogP contribution is 2.29. The summed E-state index contributed by atoms with van der Waals surface area (Å²) in [5, 5.41) is 4.73. The molecule has 0 spiro atoms. The Morgan fingerprint density at radius 2 is 1.79 bits per heavy atom. The summed E-state index contributed by atoms with van der Waals surface area (Å²) < 4.78 is 0. The minimum Gasteiger partial charge on any atom is -0.313 e. The largest absolute Gasteiger partial charge is 0.313 e. The van der Waals surface area contributed by atoms with Crippen molar-refractivity contribution >= 4 is 11.8 Å². The van der Waals surface area contributed by atoms with E-state index in [4.69, 9.17) is 0 Å². The third-order valence-corrected chi connectivity index (χ3v) is 5.71. The molecule has 0 amide bonds. The van der Waals surface area contributed by atoms with Gasteiger partial charge in [-0.05, 0) is 32.2 Å². The number of unbranched alkanes of at least 4 members (excludes halogenated alkanes) is 3. The minimum absolute atomic E-state index is 0.767. The van der Waals surface area contributed by atoms with Gasteiger partial charge in [-0.3, -0.25) is 0 Å². The molecular formula is C17H35NS. The molecule has 19 heavy (non-hydrogen) atoms. The highest BCUT2D eigenvalue weighted by molar-refractivity contribution is 7.99. The summed E-state index contributed by atoms with van der Waals surface area (Å²) in [6.45, 7) is 5.77. The maximum Gasteiger partial charge on any atom is 0.0158 e. The van der Waals surface area contributed by atoms with E-state index in [2.05, 4.69) is 30.9 Å². The van der Waals surface area contributed by atoms with Gasteiger partial charge in [-0.1, -0.05) is 58.8 Å². The van der Waals surface area contributed by atoms with Gasteiger partial charge in [0, 0.05) is 17.0 Å². The second-order valence-electron chi connectivity index (χ2n) is 6.09. The molecule has 1 rings (SSSR count). The van der Waals surface area contributed by atoms with Crippen LogP contribution in [-0.4, -0.2) is 23.6 Å². The molecule has 1 N–H and O–H groups in total. The van der Waals surface area contributed by atoms with Crippen molar-refractivity contribution < 1.29 is 0 Å². The van der Waals surface area contributed by atoms with Crippen LogP contribution >= 0.6 is 11.8 Å². The van der Waals surface area contributed by atoms with Crippen LogP contribution in [-0.2, 0) is 0 Å². The average Bonchev–Trinajstić information content (AvgIpc) is 2.46. The predicted octanol–water partition coefficient (Wildman–Crippen LogP) is 5.39. The highest BCUT2D eigenvalue weighted by Gasteiger charge is 2.16. The SMILES string of the molecule is CCCCCCC(CSC1CCCCC1)NCCC. The molecule has 0 radical (unpaired) electrons. The Bertz CT molecular complexity index is 190. The molecule has 1 aliphatic rings. The Balaban J connectivity index is 2.15. The molecule has 0 bridgehead atoms. The van der Waals surface area contributed by atoms with Gasteiger partial charge in [-0.2, -0.15) is 11.8 Å². The summed E-state index contributed by atoms with van der Waals surface area (Å²) in [5.74, 6) is 1.34. The number of nitrogens with one attached hydrogen (secondary N) is 1. The Morgan fingerprint density at radius 1 is 1.00 bits per heavy atom. The molecule has 1 fully saturated rings. The number of hydrogen-bond acceptors (Lipinski definition) is 2. The van der Waals surface area contributed by atoms with Crippen molar-refractivity contribution in [3.8, 4) is 0 Å². The molecule has 1 atom stereocenters. The van der Waals surface area contributed by atoms with E-state index in [1.807, 2.05) is 0 Å². The van der Waals surface area contributed by atoms with E-state index in [0.29, 0.717) is 0 Å². The van der Waals surface area contributed by atoms with Crippen LogP contribution in [0.2, 0.25) is 0 Å². The zero-order valence-corrected chi connectivity index (χ0v) is 14.1. The molecule has 0 heterocycles. The summed E-state index contributed by atoms with van der Waals surface area (Å²) in [6, 6.07) is 0.767. The summed E-state index contributed by atoms with van der Waals surface area (Å²) in [5.41, 5.74) is 0. The van der Waals surface area contributed by atoms with E-state index in [-0.39, 0.29) is 0 Å². The first-order chi connectivity index (χ1) is 9.36. The third-order valence-electron chi connectivity index (χ3n) is 4.17. The fourth-order valence-corrected chi connectivity index (χ4v) is 4.35. The molecule has 0 aromatic heterocycles. The number of rotatable bonds is 11. The predicted molar refractivity (Wildman–Crippen MR) is 90.2 cm³/mol. The lowest BCUT2D eigenvalue weighted by atomic mass is 10.0. The van der Waals surface area contributed by atoms with Crippen molar-refractivity contribution in [2.24, 2.45) is 0 Å². The van der Waals surface area contributed by atoms with Gasteiger partial charge in [0.2, 0.25) is 0 Å². The van der Waals surface area contributed by atoms with Gasteiger partial charge in [-0.15, -0.1) is 0 Å². The Labute approximate surface area is 125 Å². The van der Waals surface area contributed by atoms with E-state index in [0.717, 1.165) is 11.3 Å². The summed E-state index contributed by atoms with van der Waals surface area (Å²) in [6.07, 6.45) is 15.6. The molecule has 0 aromatic carbocycles. The Hall–Kier alpha value is 0.310. The van der Waals surface area contributed by atoms with Crippen molar-refractivity contribution in [2.45, 2.75) is 95.8 Å². The first-order valence-corrected chi connectivity index (χ1v) is 9.76. The van der Waals surface area contributed by atoms with Gasteiger partial charge in [0.05, 0.1) is 0 Å². The van der Waals surface area contributed by atoms with Crippen molar-refractivity contribution in [3.63, 3.8) is 0 Å². The summed E-state index contributed by atoms with van der Waals surface area (Å²) in [4.78, 5) is 0. The molecule has 1 saturated carbocycles. The molecule has 1 aliphatic carbocycles. The monoisotopic (exact) mass is 285 g/mol. The zero-order valence-electron chi connectivity index (χ0n) is 13.3. The third kappa shape index (κ3) is 8.96. The molecule has 114 valence electrons. The fraction of sp³-hybridized carbons (Fsp3) is 1.00. The molecule has 0 aliphatic heterocycles. The van der Waals surface area contributed by atoms with Crippen LogP contribution in [0.25, 0.3) is 0 Å². The highest BCUT2D eigenvalue weighted by atomic mass is 32.2. The maximum atomic E-state index is 3.77. The lowest BCUT2D eigenvalue weighted by molar-refractivity contribution is 0.484. The second-order valence-corrected chi connectivity index (χ2v) is 7.43. The van der Waals surface area contributed by atoms with Crippen LogP contribution in [0.5, 0.6) is 0 Å². The Morgan fingerprint density at radius 3 is 2.47 bits per heavy atom. The normalized spacial score (nSPS) is 18.6. The van der Waals surface area contributed by atoms with Crippen LogP contribution in [0.1, 0.15) is 84.5 Å². The maximum absolute atomic E-state index is 3.77. The van der Waals surface area contributed by atoms with Crippen LogP contribution < -0.4 is 5.32 Å². The topological polar surface area (TPSA) is 12.0 Å². The molecule has 0 aromatic rings. The Kier molecular flexibility index (Phi) is 11.0.